The van der Waals surface area contributed by atoms with Crippen LogP contribution < -0.4 is 0 Å². The molecule has 3 rings (SSSR count). The summed E-state index contributed by atoms with van der Waals surface area (Å²) in [7, 11) is 0. The van der Waals surface area contributed by atoms with Gasteiger partial charge in [0.25, 0.3) is 0 Å². The largest absolute Gasteiger partial charge is 0.302 e. The van der Waals surface area contributed by atoms with Crippen LogP contribution in [0.15, 0.2) is 42.5 Å². The van der Waals surface area contributed by atoms with Gasteiger partial charge in [-0.3, -0.25) is 0 Å². The molecule has 0 bridgehead atoms. The molecule has 2 heterocycles. The van der Waals surface area contributed by atoms with E-state index in [0.29, 0.717) is 0 Å². The molecule has 0 saturated carbocycles. The Balaban J connectivity index is 2.13. The van der Waals surface area contributed by atoms with E-state index < -0.39 is 0 Å². The van der Waals surface area contributed by atoms with Crippen LogP contribution in [-0.4, -0.2) is 14.3 Å². The number of nitrogens with zero attached hydrogens (tertiary/aromatic N) is 3. The van der Waals surface area contributed by atoms with Gasteiger partial charge in [-0.15, -0.1) is 5.10 Å². The third kappa shape index (κ3) is 2.26. The van der Waals surface area contributed by atoms with Crippen LogP contribution in [0.3, 0.4) is 0 Å². The van der Waals surface area contributed by atoms with Gasteiger partial charge in [0.05, 0.1) is 5.69 Å². The average molecular weight is 381 g/mol. The van der Waals surface area contributed by atoms with E-state index in [9.17, 15) is 4.39 Å². The Morgan fingerprint density at radius 1 is 1.05 bits per heavy atom. The average Bonchev–Trinajstić information content (AvgIpc) is 2.93. The molecule has 0 N–H and O–H groups in total. The van der Waals surface area contributed by atoms with Gasteiger partial charge in [-0.2, -0.15) is 0 Å². The second-order valence-corrected chi connectivity index (χ2v) is 5.77. The zero-order valence-electron chi connectivity index (χ0n) is 11.1. The van der Waals surface area contributed by atoms with E-state index in [1.807, 2.05) is 26.0 Å². The minimum Gasteiger partial charge on any atom is -0.302 e. The number of benzene rings is 1. The molecule has 0 amide bonds. The van der Waals surface area contributed by atoms with Crippen LogP contribution in [0.4, 0.5) is 4.39 Å². The zero-order valence-corrected chi connectivity index (χ0v) is 13.3. The van der Waals surface area contributed by atoms with Crippen molar-refractivity contribution < 1.29 is 4.39 Å². The Labute approximate surface area is 130 Å². The number of hydrogen-bond donors (Lipinski definition) is 0. The molecule has 0 radical (unpaired) electrons. The maximum absolute atomic E-state index is 13.3. The van der Waals surface area contributed by atoms with Gasteiger partial charge in [0.2, 0.25) is 0 Å². The van der Waals surface area contributed by atoms with Crippen LogP contribution in [0, 0.1) is 23.4 Å². The lowest BCUT2D eigenvalue weighted by molar-refractivity contribution is 0.625. The van der Waals surface area contributed by atoms with E-state index in [1.165, 1.54) is 12.1 Å². The fourth-order valence-corrected chi connectivity index (χ4v) is 2.94. The Hall–Kier alpha value is -1.63. The molecule has 0 aliphatic rings. The Morgan fingerprint density at radius 2 is 1.75 bits per heavy atom. The van der Waals surface area contributed by atoms with Crippen molar-refractivity contribution in [3.05, 3.63) is 63.4 Å². The molecular weight excluding hydrogens is 368 g/mol. The molecular formula is C15H13FIN3. The van der Waals surface area contributed by atoms with Gasteiger partial charge in [0, 0.05) is 17.5 Å². The summed E-state index contributed by atoms with van der Waals surface area (Å²) in [4.78, 5) is 0. The van der Waals surface area contributed by atoms with Gasteiger partial charge in [-0.1, -0.05) is 6.07 Å². The summed E-state index contributed by atoms with van der Waals surface area (Å²) in [6, 6.07) is 12.6. The Bertz CT molecular complexity index is 754. The van der Waals surface area contributed by atoms with E-state index in [-0.39, 0.29) is 5.82 Å². The van der Waals surface area contributed by atoms with Crippen LogP contribution in [0.1, 0.15) is 11.4 Å². The van der Waals surface area contributed by atoms with Gasteiger partial charge in [-0.05, 0) is 66.8 Å². The molecule has 0 spiro atoms. The predicted octanol–water partition coefficient (Wildman–Crippen LogP) is 4.02. The maximum atomic E-state index is 13.3. The minimum absolute atomic E-state index is 0.260. The van der Waals surface area contributed by atoms with Crippen molar-refractivity contribution in [2.24, 2.45) is 0 Å². The highest BCUT2D eigenvalue weighted by Gasteiger charge is 2.12. The molecule has 102 valence electrons. The minimum atomic E-state index is -0.260. The lowest BCUT2D eigenvalue weighted by Crippen LogP contribution is -2.03. The van der Waals surface area contributed by atoms with E-state index in [2.05, 4.69) is 44.4 Å². The summed E-state index contributed by atoms with van der Waals surface area (Å²) in [5.41, 5.74) is 2.98. The van der Waals surface area contributed by atoms with Crippen LogP contribution in [0.25, 0.3) is 11.5 Å². The van der Waals surface area contributed by atoms with Crippen molar-refractivity contribution in [2.75, 3.05) is 0 Å². The van der Waals surface area contributed by atoms with Gasteiger partial charge < -0.3 is 4.57 Å². The van der Waals surface area contributed by atoms with Crippen molar-refractivity contribution in [1.29, 1.82) is 0 Å². The van der Waals surface area contributed by atoms with Gasteiger partial charge in [0.1, 0.15) is 9.52 Å². The second-order valence-electron chi connectivity index (χ2n) is 4.67. The first-order chi connectivity index (χ1) is 9.56. The van der Waals surface area contributed by atoms with Crippen molar-refractivity contribution in [1.82, 2.24) is 14.3 Å². The summed E-state index contributed by atoms with van der Waals surface area (Å²) in [6.45, 7) is 4.09. The summed E-state index contributed by atoms with van der Waals surface area (Å²) in [6.07, 6.45) is 0. The zero-order chi connectivity index (χ0) is 14.3. The number of halogens is 2. The number of aromatic nitrogens is 3. The van der Waals surface area contributed by atoms with E-state index in [0.717, 1.165) is 26.6 Å². The first kappa shape index (κ1) is 13.4. The number of aryl methyl sites for hydroxylation is 2. The molecule has 5 heteroatoms. The lowest BCUT2D eigenvalue weighted by atomic mass is 10.3. The first-order valence-corrected chi connectivity index (χ1v) is 7.31. The van der Waals surface area contributed by atoms with Crippen molar-refractivity contribution >= 4 is 22.6 Å². The normalized spacial score (nSPS) is 11.0. The van der Waals surface area contributed by atoms with Gasteiger partial charge in [-0.25, -0.2) is 9.07 Å². The van der Waals surface area contributed by atoms with E-state index in [1.54, 1.807) is 10.7 Å². The van der Waals surface area contributed by atoms with Gasteiger partial charge in [0.15, 0.2) is 5.82 Å². The highest BCUT2D eigenvalue weighted by Crippen LogP contribution is 2.20. The SMILES string of the molecule is Cc1ccc(C)n1-c1cc(I)n(-c2cccc(F)c2)n1. The van der Waals surface area contributed by atoms with E-state index in [4.69, 9.17) is 0 Å². The summed E-state index contributed by atoms with van der Waals surface area (Å²) >= 11 is 2.21. The molecule has 20 heavy (non-hydrogen) atoms. The topological polar surface area (TPSA) is 22.8 Å². The summed E-state index contributed by atoms with van der Waals surface area (Å²) in [5, 5.41) is 4.59. The van der Waals surface area contributed by atoms with Crippen LogP contribution >= 0.6 is 22.6 Å². The molecule has 2 aromatic heterocycles. The number of hydrogen-bond acceptors (Lipinski definition) is 1. The molecule has 1 aromatic carbocycles. The van der Waals surface area contributed by atoms with Gasteiger partial charge >= 0.3 is 0 Å². The molecule has 0 atom stereocenters. The lowest BCUT2D eigenvalue weighted by Gasteiger charge is -2.05. The molecule has 0 aliphatic carbocycles. The third-order valence-corrected chi connectivity index (χ3v) is 3.97. The summed E-state index contributed by atoms with van der Waals surface area (Å²) in [5.74, 6) is 0.585. The molecule has 3 nitrogen and oxygen atoms in total. The van der Waals surface area contributed by atoms with Crippen molar-refractivity contribution in [3.8, 4) is 11.5 Å². The number of rotatable bonds is 2. The third-order valence-electron chi connectivity index (χ3n) is 3.21. The van der Waals surface area contributed by atoms with Crippen molar-refractivity contribution in [2.45, 2.75) is 13.8 Å². The monoisotopic (exact) mass is 381 g/mol. The Morgan fingerprint density at radius 3 is 2.40 bits per heavy atom. The summed E-state index contributed by atoms with van der Waals surface area (Å²) < 4.78 is 18.1. The quantitative estimate of drug-likeness (QED) is 0.615. The maximum Gasteiger partial charge on any atom is 0.160 e. The standard InChI is InChI=1S/C15H13FIN3/c1-10-6-7-11(2)19(10)15-9-14(17)20(18-15)13-5-3-4-12(16)8-13/h3-9H,1-2H3. The molecule has 0 aliphatic heterocycles. The highest BCUT2D eigenvalue weighted by molar-refractivity contribution is 14.1. The fourth-order valence-electron chi connectivity index (χ4n) is 2.27. The molecule has 0 fully saturated rings. The predicted molar refractivity (Wildman–Crippen MR) is 85.0 cm³/mol. The molecule has 0 unspecified atom stereocenters. The molecule has 0 saturated heterocycles. The van der Waals surface area contributed by atoms with E-state index >= 15 is 0 Å². The highest BCUT2D eigenvalue weighted by atomic mass is 127. The molecule has 3 aromatic rings. The Kier molecular flexibility index (Phi) is 3.37. The van der Waals surface area contributed by atoms with Crippen LogP contribution in [0.2, 0.25) is 0 Å². The first-order valence-electron chi connectivity index (χ1n) is 6.23. The smallest absolute Gasteiger partial charge is 0.160 e. The fraction of sp³-hybridized carbons (Fsp3) is 0.133. The van der Waals surface area contributed by atoms with Crippen LogP contribution in [-0.2, 0) is 0 Å². The van der Waals surface area contributed by atoms with Crippen molar-refractivity contribution in [3.63, 3.8) is 0 Å². The second kappa shape index (κ2) is 5.05. The van der Waals surface area contributed by atoms with Crippen LogP contribution in [0.5, 0.6) is 0 Å².